The molecule has 2 N–H and O–H groups in total. The Kier molecular flexibility index (Phi) is 5.05. The molecule has 0 bridgehead atoms. The van der Waals surface area contributed by atoms with Gasteiger partial charge in [-0.2, -0.15) is 5.10 Å². The van der Waals surface area contributed by atoms with Gasteiger partial charge in [0.2, 0.25) is 0 Å². The molecule has 0 radical (unpaired) electrons. The van der Waals surface area contributed by atoms with Crippen LogP contribution in [0.4, 0.5) is 5.82 Å². The first kappa shape index (κ1) is 17.6. The largest absolute Gasteiger partial charge is 0.349 e. The molecule has 3 heterocycles. The molecule has 5 nitrogen and oxygen atoms in total. The predicted octanol–water partition coefficient (Wildman–Crippen LogP) is 4.33. The normalized spacial score (nSPS) is 20.3. The summed E-state index contributed by atoms with van der Waals surface area (Å²) >= 11 is 18.6. The van der Waals surface area contributed by atoms with Gasteiger partial charge >= 0.3 is 0 Å². The van der Waals surface area contributed by atoms with Gasteiger partial charge in [0.25, 0.3) is 0 Å². The first-order valence-electron chi connectivity index (χ1n) is 8.15. The van der Waals surface area contributed by atoms with Crippen LogP contribution in [-0.4, -0.2) is 39.3 Å². The first-order chi connectivity index (χ1) is 12.6. The van der Waals surface area contributed by atoms with E-state index in [1.165, 1.54) is 0 Å². The van der Waals surface area contributed by atoms with Crippen LogP contribution in [0.5, 0.6) is 0 Å². The minimum atomic E-state index is -0.243. The first-order valence-corrected chi connectivity index (χ1v) is 9.41. The Morgan fingerprint density at radius 1 is 0.923 bits per heavy atom. The summed E-state index contributed by atoms with van der Waals surface area (Å²) < 4.78 is 0. The molecule has 1 fully saturated rings. The number of pyridine rings is 1. The molecular weight excluding hydrogens is 393 g/mol. The van der Waals surface area contributed by atoms with Crippen molar-refractivity contribution < 1.29 is 0 Å². The van der Waals surface area contributed by atoms with Gasteiger partial charge in [-0.3, -0.25) is 15.4 Å². The van der Waals surface area contributed by atoms with Gasteiger partial charge in [-0.05, 0) is 29.8 Å². The van der Waals surface area contributed by atoms with Crippen molar-refractivity contribution in [1.82, 2.24) is 20.5 Å². The molecule has 2 aromatic heterocycles. The van der Waals surface area contributed by atoms with Crippen molar-refractivity contribution in [1.29, 1.82) is 0 Å². The third-order valence-corrected chi connectivity index (χ3v) is 5.05. The van der Waals surface area contributed by atoms with Crippen molar-refractivity contribution in [2.24, 2.45) is 0 Å². The summed E-state index contributed by atoms with van der Waals surface area (Å²) in [6.45, 7) is 1.21. The van der Waals surface area contributed by atoms with E-state index in [-0.39, 0.29) is 11.0 Å². The lowest BCUT2D eigenvalue weighted by molar-refractivity contribution is 0.515. The molecule has 1 aliphatic heterocycles. The Morgan fingerprint density at radius 2 is 1.58 bits per heavy atom. The van der Waals surface area contributed by atoms with Crippen molar-refractivity contribution in [2.75, 3.05) is 18.0 Å². The van der Waals surface area contributed by atoms with Crippen LogP contribution in [0, 0.1) is 0 Å². The number of hydrogen-bond donors (Lipinski definition) is 2. The second kappa shape index (κ2) is 7.45. The van der Waals surface area contributed by atoms with Crippen LogP contribution in [0.2, 0.25) is 5.02 Å². The smallest absolute Gasteiger partial charge is 0.159 e. The quantitative estimate of drug-likeness (QED) is 0.500. The highest BCUT2D eigenvalue weighted by Gasteiger charge is 2.28. The monoisotopic (exact) mass is 407 g/mol. The molecule has 3 aromatic rings. The van der Waals surface area contributed by atoms with Gasteiger partial charge in [-0.15, -0.1) is 23.2 Å². The fourth-order valence-corrected chi connectivity index (χ4v) is 3.94. The van der Waals surface area contributed by atoms with Gasteiger partial charge in [0, 0.05) is 36.1 Å². The SMILES string of the molecule is Clc1ccc(-c2[nH]nc(N3CC(Cl)NC(Cl)C3)c2-c2ccncc2)cc1. The fraction of sp³-hybridized carbons (Fsp3) is 0.222. The maximum Gasteiger partial charge on any atom is 0.159 e. The number of benzene rings is 1. The van der Waals surface area contributed by atoms with Gasteiger partial charge in [-0.25, -0.2) is 0 Å². The average Bonchev–Trinajstić information content (AvgIpc) is 3.07. The second-order valence-electron chi connectivity index (χ2n) is 6.05. The third-order valence-electron chi connectivity index (χ3n) is 4.27. The summed E-state index contributed by atoms with van der Waals surface area (Å²) in [5, 5.41) is 11.6. The molecule has 26 heavy (non-hydrogen) atoms. The maximum absolute atomic E-state index is 6.30. The Balaban J connectivity index is 1.83. The molecule has 134 valence electrons. The van der Waals surface area contributed by atoms with Crippen LogP contribution in [0.1, 0.15) is 0 Å². The van der Waals surface area contributed by atoms with E-state index >= 15 is 0 Å². The van der Waals surface area contributed by atoms with E-state index in [2.05, 4.69) is 25.4 Å². The average molecular weight is 409 g/mol. The number of anilines is 1. The topological polar surface area (TPSA) is 56.8 Å². The Labute approximate surface area is 166 Å². The molecule has 0 aliphatic carbocycles. The molecule has 2 atom stereocenters. The number of rotatable bonds is 3. The van der Waals surface area contributed by atoms with Crippen LogP contribution in [0.25, 0.3) is 22.4 Å². The summed E-state index contributed by atoms with van der Waals surface area (Å²) in [5.74, 6) is 0.818. The zero-order chi connectivity index (χ0) is 18.1. The standard InChI is InChI=1S/C18H16Cl3N5/c19-13-3-1-12(2-4-13)17-16(11-5-7-22-8-6-11)18(25-24-17)26-9-14(20)23-15(21)10-26/h1-8,14-15,23H,9-10H2,(H,24,25). The van der Waals surface area contributed by atoms with Crippen molar-refractivity contribution in [3.63, 3.8) is 0 Å². The number of alkyl halides is 2. The van der Waals surface area contributed by atoms with Gasteiger partial charge in [-0.1, -0.05) is 23.7 Å². The van der Waals surface area contributed by atoms with Gasteiger partial charge in [0.05, 0.1) is 11.3 Å². The van der Waals surface area contributed by atoms with E-state index in [4.69, 9.17) is 34.8 Å². The van der Waals surface area contributed by atoms with E-state index < -0.39 is 0 Å². The van der Waals surface area contributed by atoms with E-state index in [1.807, 2.05) is 36.4 Å². The maximum atomic E-state index is 6.30. The lowest BCUT2D eigenvalue weighted by Gasteiger charge is -2.34. The predicted molar refractivity (Wildman–Crippen MR) is 107 cm³/mol. The van der Waals surface area contributed by atoms with Crippen molar-refractivity contribution in [2.45, 2.75) is 11.0 Å². The number of aromatic nitrogens is 3. The van der Waals surface area contributed by atoms with E-state index in [1.54, 1.807) is 12.4 Å². The Morgan fingerprint density at radius 3 is 2.23 bits per heavy atom. The highest BCUT2D eigenvalue weighted by atomic mass is 35.5. The zero-order valence-electron chi connectivity index (χ0n) is 13.7. The summed E-state index contributed by atoms with van der Waals surface area (Å²) in [6, 6.07) is 11.6. The Bertz CT molecular complexity index is 872. The van der Waals surface area contributed by atoms with Crippen molar-refractivity contribution in [3.8, 4) is 22.4 Å². The number of nitrogens with zero attached hydrogens (tertiary/aromatic N) is 3. The van der Waals surface area contributed by atoms with Crippen LogP contribution in [0.3, 0.4) is 0 Å². The van der Waals surface area contributed by atoms with Crippen LogP contribution in [0.15, 0.2) is 48.8 Å². The zero-order valence-corrected chi connectivity index (χ0v) is 15.9. The lowest BCUT2D eigenvalue weighted by atomic mass is 10.0. The Hall–Kier alpha value is -1.79. The number of aromatic amines is 1. The van der Waals surface area contributed by atoms with Crippen LogP contribution < -0.4 is 10.2 Å². The highest BCUT2D eigenvalue weighted by Crippen LogP contribution is 2.38. The van der Waals surface area contributed by atoms with Gasteiger partial charge < -0.3 is 4.90 Å². The van der Waals surface area contributed by atoms with Crippen LogP contribution in [-0.2, 0) is 0 Å². The number of H-pyrrole nitrogens is 1. The van der Waals surface area contributed by atoms with Crippen molar-refractivity contribution in [3.05, 3.63) is 53.8 Å². The molecule has 1 saturated heterocycles. The number of piperazine rings is 1. The summed E-state index contributed by atoms with van der Waals surface area (Å²) in [7, 11) is 0. The molecular formula is C18H16Cl3N5. The minimum Gasteiger partial charge on any atom is -0.349 e. The molecule has 8 heteroatoms. The molecule has 1 aliphatic rings. The molecule has 0 amide bonds. The minimum absolute atomic E-state index is 0.243. The molecule has 1 aromatic carbocycles. The second-order valence-corrected chi connectivity index (χ2v) is 7.54. The van der Waals surface area contributed by atoms with E-state index in [0.29, 0.717) is 18.1 Å². The fourth-order valence-electron chi connectivity index (χ4n) is 3.11. The lowest BCUT2D eigenvalue weighted by Crippen LogP contribution is -2.52. The van der Waals surface area contributed by atoms with Crippen molar-refractivity contribution >= 4 is 40.6 Å². The molecule has 0 spiro atoms. The van der Waals surface area contributed by atoms with E-state index in [9.17, 15) is 0 Å². The highest BCUT2D eigenvalue weighted by molar-refractivity contribution is 6.30. The number of halogens is 3. The summed E-state index contributed by atoms with van der Waals surface area (Å²) in [4.78, 5) is 6.22. The molecule has 0 saturated carbocycles. The number of nitrogens with one attached hydrogen (secondary N) is 2. The van der Waals surface area contributed by atoms with Crippen LogP contribution >= 0.6 is 34.8 Å². The number of hydrogen-bond acceptors (Lipinski definition) is 4. The summed E-state index contributed by atoms with van der Waals surface area (Å²) in [5.41, 5.74) is 3.44. The third kappa shape index (κ3) is 3.53. The summed E-state index contributed by atoms with van der Waals surface area (Å²) in [6.07, 6.45) is 3.54. The van der Waals surface area contributed by atoms with E-state index in [0.717, 1.165) is 28.2 Å². The van der Waals surface area contributed by atoms with Gasteiger partial charge in [0.15, 0.2) is 5.82 Å². The molecule has 2 unspecified atom stereocenters. The van der Waals surface area contributed by atoms with Gasteiger partial charge in [0.1, 0.15) is 11.0 Å². The molecule has 4 rings (SSSR count).